The van der Waals surface area contributed by atoms with E-state index in [4.69, 9.17) is 14.6 Å². The summed E-state index contributed by atoms with van der Waals surface area (Å²) in [4.78, 5) is 28.3. The largest absolute Gasteiger partial charge is 0.573 e. The monoisotopic (exact) mass is 557 g/mol. The lowest BCUT2D eigenvalue weighted by atomic mass is 9.97. The molecule has 0 spiro atoms. The zero-order valence-corrected chi connectivity index (χ0v) is 19.7. The van der Waals surface area contributed by atoms with Gasteiger partial charge in [0.2, 0.25) is 11.4 Å². The number of hydrazine groups is 1. The summed E-state index contributed by atoms with van der Waals surface area (Å²) in [6.07, 6.45) is -13.6. The van der Waals surface area contributed by atoms with Gasteiger partial charge >= 0.3 is 24.5 Å². The zero-order chi connectivity index (χ0) is 28.4. The number of benzene rings is 1. The Morgan fingerprint density at radius 2 is 1.97 bits per heavy atom. The van der Waals surface area contributed by atoms with Crippen molar-refractivity contribution in [1.82, 2.24) is 5.01 Å². The molecule has 1 aromatic carbocycles. The van der Waals surface area contributed by atoms with Crippen LogP contribution in [0.15, 0.2) is 23.0 Å². The normalized spacial score (nSPS) is 20.7. The van der Waals surface area contributed by atoms with Gasteiger partial charge in [-0.1, -0.05) is 6.92 Å². The summed E-state index contributed by atoms with van der Waals surface area (Å²) in [5, 5.41) is 25.0. The summed E-state index contributed by atoms with van der Waals surface area (Å²) < 4.78 is 93.0. The van der Waals surface area contributed by atoms with Crippen molar-refractivity contribution in [3.63, 3.8) is 0 Å². The Hall–Kier alpha value is -3.92. The molecular weight excluding hydrogens is 536 g/mol. The van der Waals surface area contributed by atoms with E-state index in [1.165, 1.54) is 6.92 Å². The maximum atomic E-state index is 13.8. The highest BCUT2D eigenvalue weighted by atomic mass is 19.4. The van der Waals surface area contributed by atoms with Crippen LogP contribution in [0.3, 0.4) is 0 Å². The number of alkyl halides is 6. The smallest absolute Gasteiger partial charge is 0.569 e. The predicted octanol–water partition coefficient (Wildman–Crippen LogP) is 4.10. The highest BCUT2D eigenvalue weighted by Crippen LogP contribution is 2.42. The first-order chi connectivity index (χ1) is 17.6. The van der Waals surface area contributed by atoms with Gasteiger partial charge in [-0.05, 0) is 43.0 Å². The second-order valence-electron chi connectivity index (χ2n) is 8.11. The molecule has 3 atom stereocenters. The first-order valence-corrected chi connectivity index (χ1v) is 11.0. The van der Waals surface area contributed by atoms with Crippen LogP contribution in [0.1, 0.15) is 37.8 Å². The molecule has 17 heteroatoms. The number of fused-ring (bicyclic) bond motifs is 1. The number of rotatable bonds is 8. The first kappa shape index (κ1) is 28.6. The summed E-state index contributed by atoms with van der Waals surface area (Å²) in [5.74, 6) is -4.03. The minimum atomic E-state index is -5.13. The van der Waals surface area contributed by atoms with E-state index in [1.807, 2.05) is 0 Å². The summed E-state index contributed by atoms with van der Waals surface area (Å²) in [6.45, 7) is 2.52. The summed E-state index contributed by atoms with van der Waals surface area (Å²) in [5.41, 5.74) is -1.45. The van der Waals surface area contributed by atoms with E-state index >= 15 is 0 Å². The number of halogens is 6. The van der Waals surface area contributed by atoms with E-state index in [2.05, 4.69) is 14.9 Å². The van der Waals surface area contributed by atoms with Gasteiger partial charge in [0.15, 0.2) is 6.04 Å². The number of hydrogen-bond donors (Lipinski definition) is 1. The van der Waals surface area contributed by atoms with Gasteiger partial charge in [0.1, 0.15) is 11.5 Å². The Labute approximate surface area is 210 Å². The second kappa shape index (κ2) is 10.8. The molecule has 11 nitrogen and oxygen atoms in total. The number of carbonyl (C=O) groups is 2. The van der Waals surface area contributed by atoms with E-state index in [0.29, 0.717) is 12.5 Å². The quantitative estimate of drug-likeness (QED) is 0.125. The molecule has 0 aliphatic carbocycles. The summed E-state index contributed by atoms with van der Waals surface area (Å²) in [7, 11) is 0. The molecule has 0 aromatic heterocycles. The van der Waals surface area contributed by atoms with Crippen molar-refractivity contribution in [2.75, 3.05) is 6.54 Å². The number of ether oxygens (including phenoxy) is 3. The van der Waals surface area contributed by atoms with Crippen molar-refractivity contribution in [2.24, 2.45) is 5.28 Å². The molecule has 0 amide bonds. The van der Waals surface area contributed by atoms with Crippen molar-refractivity contribution >= 4 is 18.0 Å². The number of aliphatic carboxylic acids is 1. The van der Waals surface area contributed by atoms with Gasteiger partial charge in [-0.15, -0.1) is 18.2 Å². The van der Waals surface area contributed by atoms with E-state index in [-0.39, 0.29) is 41.2 Å². The van der Waals surface area contributed by atoms with Crippen LogP contribution in [0.5, 0.6) is 11.5 Å². The number of carboxylic acid groups (broad SMARTS) is 1. The molecule has 1 unspecified atom stereocenters. The fourth-order valence-electron chi connectivity index (χ4n) is 3.82. The molecule has 1 N–H and O–H groups in total. The Morgan fingerprint density at radius 3 is 2.55 bits per heavy atom. The average Bonchev–Trinajstić information content (AvgIpc) is 3.30. The Kier molecular flexibility index (Phi) is 8.16. The molecular formula is C21H21F6N3O8. The van der Waals surface area contributed by atoms with Gasteiger partial charge in [0.05, 0.1) is 17.1 Å². The predicted molar refractivity (Wildman–Crippen MR) is 111 cm³/mol. The molecule has 1 fully saturated rings. The van der Waals surface area contributed by atoms with Crippen molar-refractivity contribution in [1.29, 1.82) is 0 Å². The molecule has 0 radical (unpaired) electrons. The van der Waals surface area contributed by atoms with Crippen LogP contribution in [0.4, 0.5) is 26.3 Å². The fraction of sp³-hybridized carbons (Fsp3) is 0.524. The van der Waals surface area contributed by atoms with Crippen LogP contribution >= 0.6 is 0 Å². The number of hydrogen-bond acceptors (Lipinski definition) is 8. The van der Waals surface area contributed by atoms with Gasteiger partial charge in [-0.2, -0.15) is 13.2 Å². The Morgan fingerprint density at radius 1 is 1.29 bits per heavy atom. The van der Waals surface area contributed by atoms with Gasteiger partial charge in [0, 0.05) is 12.5 Å². The number of carboxylic acids is 1. The lowest BCUT2D eigenvalue weighted by Gasteiger charge is -2.29. The lowest BCUT2D eigenvalue weighted by molar-refractivity contribution is -0.714. The van der Waals surface area contributed by atoms with Crippen LogP contribution in [0.25, 0.3) is 6.08 Å². The van der Waals surface area contributed by atoms with Crippen LogP contribution < -0.4 is 9.47 Å². The summed E-state index contributed by atoms with van der Waals surface area (Å²) >= 11 is 0. The number of aryl methyl sites for hydroxylation is 1. The highest BCUT2D eigenvalue weighted by molar-refractivity contribution is 5.96. The van der Waals surface area contributed by atoms with E-state index in [1.54, 1.807) is 0 Å². The molecule has 0 saturated carbocycles. The van der Waals surface area contributed by atoms with Crippen LogP contribution in [0.2, 0.25) is 0 Å². The molecule has 2 heterocycles. The highest BCUT2D eigenvalue weighted by Gasteiger charge is 2.49. The van der Waals surface area contributed by atoms with Gasteiger partial charge in [-0.3, -0.25) is 4.84 Å². The van der Waals surface area contributed by atoms with Crippen LogP contribution in [-0.4, -0.2) is 64.5 Å². The average molecular weight is 557 g/mol. The third-order valence-electron chi connectivity index (χ3n) is 5.41. The van der Waals surface area contributed by atoms with Crippen molar-refractivity contribution in [3.05, 3.63) is 34.0 Å². The van der Waals surface area contributed by atoms with Gasteiger partial charge < -0.3 is 24.5 Å². The molecule has 1 saturated heterocycles. The Bertz CT molecular complexity index is 1140. The van der Waals surface area contributed by atoms with Gasteiger partial charge in [0.25, 0.3) is 6.29 Å². The Balaban J connectivity index is 1.84. The van der Waals surface area contributed by atoms with Crippen LogP contribution in [-0.2, 0) is 25.6 Å². The third-order valence-corrected chi connectivity index (χ3v) is 5.41. The third kappa shape index (κ3) is 6.69. The SMILES string of the molecule is CCc1cc(OC(F)(F)F)cc2c1O[C@H](C(F)(F)F)C(C(=O)OC(C)O/N=[N+](\[O-])N1CCC[C@H]1C(=O)O)=C2. The number of carbonyl (C=O) groups excluding carboxylic acids is 1. The van der Waals surface area contributed by atoms with E-state index in [9.17, 15) is 41.1 Å². The van der Waals surface area contributed by atoms with E-state index in [0.717, 1.165) is 24.1 Å². The maximum absolute atomic E-state index is 13.8. The minimum Gasteiger partial charge on any atom is -0.569 e. The summed E-state index contributed by atoms with van der Waals surface area (Å²) in [6, 6.07) is 0.452. The maximum Gasteiger partial charge on any atom is 0.573 e. The standard InChI is InChI=1S/C21H21F6N3O8/c1-3-11-7-13(37-21(25,26)27)8-12-9-14(17(20(22,23)24)36-16(11)12)19(33)35-10(2)38-28-30(34)29-6-4-5-15(29)18(31)32/h7-10,15,17H,3-6H2,1-2H3,(H,31,32)/b30-28-/t10?,15-,17-/m0/s1. The zero-order valence-electron chi connectivity index (χ0n) is 19.7. The fourth-order valence-corrected chi connectivity index (χ4v) is 3.82. The second-order valence-corrected chi connectivity index (χ2v) is 8.11. The van der Waals surface area contributed by atoms with Crippen LogP contribution in [0, 0.1) is 5.21 Å². The van der Waals surface area contributed by atoms with Gasteiger partial charge in [-0.25, -0.2) is 9.59 Å². The molecule has 38 heavy (non-hydrogen) atoms. The lowest BCUT2D eigenvalue weighted by Crippen LogP contribution is -2.42. The topological polar surface area (TPSA) is 133 Å². The molecule has 1 aromatic rings. The molecule has 2 aliphatic heterocycles. The number of esters is 1. The van der Waals surface area contributed by atoms with Crippen molar-refractivity contribution in [3.8, 4) is 11.5 Å². The van der Waals surface area contributed by atoms with Crippen molar-refractivity contribution in [2.45, 2.75) is 64.1 Å². The molecule has 210 valence electrons. The minimum absolute atomic E-state index is 0.0204. The van der Waals surface area contributed by atoms with Crippen molar-refractivity contribution < 1.29 is 65.1 Å². The first-order valence-electron chi connectivity index (χ1n) is 11.0. The molecule has 3 rings (SSSR count). The molecule has 2 aliphatic rings. The van der Waals surface area contributed by atoms with E-state index < -0.39 is 54.2 Å². The molecule has 0 bridgehead atoms. The number of nitrogens with zero attached hydrogens (tertiary/aromatic N) is 3.